The summed E-state index contributed by atoms with van der Waals surface area (Å²) in [5.74, 6) is -0.106. The number of hydrogen-bond donors (Lipinski definition) is 1. The van der Waals surface area contributed by atoms with Crippen molar-refractivity contribution in [1.82, 2.24) is 10.2 Å². The van der Waals surface area contributed by atoms with E-state index in [0.717, 1.165) is 0 Å². The maximum absolute atomic E-state index is 10.1. The Hall–Kier alpha value is -1.10. The molecular formula is C6H7ClN2O3. The van der Waals surface area contributed by atoms with Crippen molar-refractivity contribution in [2.75, 3.05) is 0 Å². The Morgan fingerprint density at radius 2 is 2.17 bits per heavy atom. The number of rotatable bonds is 4. The van der Waals surface area contributed by atoms with E-state index < -0.39 is 5.97 Å². The van der Waals surface area contributed by atoms with E-state index in [1.807, 2.05) is 0 Å². The van der Waals surface area contributed by atoms with E-state index >= 15 is 0 Å². The van der Waals surface area contributed by atoms with Crippen molar-refractivity contribution in [2.45, 2.75) is 18.7 Å². The minimum absolute atomic E-state index is 0.0100. The molecule has 0 amide bonds. The van der Waals surface area contributed by atoms with Crippen molar-refractivity contribution in [3.8, 4) is 0 Å². The quantitative estimate of drug-likeness (QED) is 0.712. The highest BCUT2D eigenvalue weighted by molar-refractivity contribution is 6.16. The third-order valence-electron chi connectivity index (χ3n) is 1.18. The molecule has 0 fully saturated rings. The molecule has 0 bridgehead atoms. The molecule has 6 heteroatoms. The van der Waals surface area contributed by atoms with Crippen molar-refractivity contribution in [3.63, 3.8) is 0 Å². The number of carboxylic acid groups (broad SMARTS) is 1. The summed E-state index contributed by atoms with van der Waals surface area (Å²) < 4.78 is 4.97. The molecule has 0 saturated heterocycles. The van der Waals surface area contributed by atoms with Crippen LogP contribution in [0.25, 0.3) is 0 Å². The molecule has 0 saturated carbocycles. The molecule has 0 aliphatic rings. The Labute approximate surface area is 73.4 Å². The lowest BCUT2D eigenvalue weighted by Gasteiger charge is -1.87. The molecule has 0 radical (unpaired) electrons. The van der Waals surface area contributed by atoms with Crippen LogP contribution in [0.5, 0.6) is 0 Å². The topological polar surface area (TPSA) is 76.2 Å². The van der Waals surface area contributed by atoms with Gasteiger partial charge in [-0.1, -0.05) is 0 Å². The van der Waals surface area contributed by atoms with Crippen LogP contribution in [0.3, 0.4) is 0 Å². The van der Waals surface area contributed by atoms with Crippen LogP contribution in [0, 0.1) is 0 Å². The maximum Gasteiger partial charge on any atom is 0.303 e. The first-order valence-electron chi connectivity index (χ1n) is 3.31. The van der Waals surface area contributed by atoms with Gasteiger partial charge in [0.2, 0.25) is 11.8 Å². The second kappa shape index (κ2) is 4.06. The highest BCUT2D eigenvalue weighted by Gasteiger charge is 2.06. The van der Waals surface area contributed by atoms with Gasteiger partial charge in [0, 0.05) is 6.42 Å². The summed E-state index contributed by atoms with van der Waals surface area (Å²) in [5.41, 5.74) is 0. The molecule has 1 aromatic rings. The van der Waals surface area contributed by atoms with Gasteiger partial charge in [0.1, 0.15) is 5.88 Å². The molecule has 1 aromatic heterocycles. The summed E-state index contributed by atoms with van der Waals surface area (Å²) >= 11 is 5.39. The fourth-order valence-electron chi connectivity index (χ4n) is 0.657. The van der Waals surface area contributed by atoms with Crippen molar-refractivity contribution in [1.29, 1.82) is 0 Å². The van der Waals surface area contributed by atoms with Gasteiger partial charge in [-0.3, -0.25) is 4.79 Å². The molecular weight excluding hydrogens is 184 g/mol. The van der Waals surface area contributed by atoms with E-state index in [4.69, 9.17) is 21.1 Å². The predicted molar refractivity (Wildman–Crippen MR) is 39.8 cm³/mol. The average molecular weight is 191 g/mol. The molecule has 0 spiro atoms. The zero-order valence-corrected chi connectivity index (χ0v) is 6.91. The number of aryl methyl sites for hydroxylation is 1. The number of carbonyl (C=O) groups is 1. The predicted octanol–water partition coefficient (Wildman–Crippen LogP) is 0.826. The van der Waals surface area contributed by atoms with Gasteiger partial charge in [-0.2, -0.15) is 0 Å². The summed E-state index contributed by atoms with van der Waals surface area (Å²) in [4.78, 5) is 10.1. The first-order valence-corrected chi connectivity index (χ1v) is 3.85. The minimum atomic E-state index is -0.888. The minimum Gasteiger partial charge on any atom is -0.481 e. The van der Waals surface area contributed by atoms with Gasteiger partial charge in [-0.25, -0.2) is 0 Å². The lowest BCUT2D eigenvalue weighted by Crippen LogP contribution is -1.97. The molecule has 66 valence electrons. The monoisotopic (exact) mass is 190 g/mol. The second-order valence-electron chi connectivity index (χ2n) is 2.12. The number of hydrogen-bond acceptors (Lipinski definition) is 4. The lowest BCUT2D eigenvalue weighted by molar-refractivity contribution is -0.137. The van der Waals surface area contributed by atoms with E-state index in [9.17, 15) is 4.79 Å². The van der Waals surface area contributed by atoms with Gasteiger partial charge in [-0.05, 0) is 0 Å². The normalized spacial score (nSPS) is 10.1. The first kappa shape index (κ1) is 8.99. The van der Waals surface area contributed by atoms with Crippen molar-refractivity contribution < 1.29 is 14.3 Å². The van der Waals surface area contributed by atoms with Crippen LogP contribution in [0.4, 0.5) is 0 Å². The lowest BCUT2D eigenvalue weighted by atomic mass is 10.3. The zero-order chi connectivity index (χ0) is 8.97. The summed E-state index contributed by atoms with van der Waals surface area (Å²) in [6.45, 7) is 0. The van der Waals surface area contributed by atoms with Crippen LogP contribution in [0.2, 0.25) is 0 Å². The van der Waals surface area contributed by atoms with E-state index in [-0.39, 0.29) is 18.7 Å². The van der Waals surface area contributed by atoms with Gasteiger partial charge in [-0.15, -0.1) is 21.8 Å². The third-order valence-corrected chi connectivity index (χ3v) is 1.40. The molecule has 5 nitrogen and oxygen atoms in total. The number of carboxylic acids is 1. The van der Waals surface area contributed by atoms with Crippen molar-refractivity contribution in [3.05, 3.63) is 11.8 Å². The summed E-state index contributed by atoms with van der Waals surface area (Å²) in [7, 11) is 0. The van der Waals surface area contributed by atoms with Crippen LogP contribution in [0.1, 0.15) is 18.2 Å². The third kappa shape index (κ3) is 2.50. The van der Waals surface area contributed by atoms with Crippen LogP contribution >= 0.6 is 11.6 Å². The summed E-state index contributed by atoms with van der Waals surface area (Å²) in [6, 6.07) is 0. The first-order chi connectivity index (χ1) is 5.72. The fraction of sp³-hybridized carbons (Fsp3) is 0.500. The van der Waals surface area contributed by atoms with Gasteiger partial charge in [0.25, 0.3) is 0 Å². The van der Waals surface area contributed by atoms with Crippen LogP contribution < -0.4 is 0 Å². The highest BCUT2D eigenvalue weighted by atomic mass is 35.5. The zero-order valence-electron chi connectivity index (χ0n) is 6.16. The molecule has 1 heterocycles. The fourth-order valence-corrected chi connectivity index (χ4v) is 0.765. The molecule has 0 aromatic carbocycles. The van der Waals surface area contributed by atoms with E-state index in [1.165, 1.54) is 0 Å². The van der Waals surface area contributed by atoms with Crippen molar-refractivity contribution >= 4 is 17.6 Å². The summed E-state index contributed by atoms with van der Waals surface area (Å²) in [6.07, 6.45) is 0.239. The Morgan fingerprint density at radius 3 is 2.67 bits per heavy atom. The number of aromatic nitrogens is 2. The molecule has 12 heavy (non-hydrogen) atoms. The van der Waals surface area contributed by atoms with Crippen molar-refractivity contribution in [2.24, 2.45) is 0 Å². The van der Waals surface area contributed by atoms with Crippen LogP contribution in [-0.2, 0) is 17.1 Å². The van der Waals surface area contributed by atoms with Gasteiger partial charge in [0.05, 0.1) is 6.42 Å². The number of alkyl halides is 1. The van der Waals surface area contributed by atoms with Crippen LogP contribution in [-0.4, -0.2) is 21.3 Å². The Balaban J connectivity index is 2.47. The van der Waals surface area contributed by atoms with Gasteiger partial charge >= 0.3 is 5.97 Å². The average Bonchev–Trinajstić information content (AvgIpc) is 2.48. The van der Waals surface area contributed by atoms with E-state index in [0.29, 0.717) is 11.8 Å². The van der Waals surface area contributed by atoms with E-state index in [1.54, 1.807) is 0 Å². The number of nitrogens with zero attached hydrogens (tertiary/aromatic N) is 2. The smallest absolute Gasteiger partial charge is 0.303 e. The number of halogens is 1. The molecule has 1 rings (SSSR count). The molecule has 0 unspecified atom stereocenters. The summed E-state index contributed by atoms with van der Waals surface area (Å²) in [5, 5.41) is 15.5. The standard InChI is InChI=1S/C6H7ClN2O3/c7-3-5-9-8-4(12-5)1-2-6(10)11/h1-3H2,(H,10,11). The van der Waals surface area contributed by atoms with Crippen LogP contribution in [0.15, 0.2) is 4.42 Å². The number of aliphatic carboxylic acids is 1. The molecule has 0 aliphatic carbocycles. The Bertz CT molecular complexity index is 274. The second-order valence-corrected chi connectivity index (χ2v) is 2.38. The largest absolute Gasteiger partial charge is 0.481 e. The van der Waals surface area contributed by atoms with E-state index in [2.05, 4.69) is 10.2 Å². The molecule has 0 aliphatic heterocycles. The van der Waals surface area contributed by atoms with Gasteiger partial charge < -0.3 is 9.52 Å². The highest BCUT2D eigenvalue weighted by Crippen LogP contribution is 2.04. The molecule has 0 atom stereocenters. The molecule has 1 N–H and O–H groups in total. The Kier molecular flexibility index (Phi) is 3.04. The Morgan fingerprint density at radius 1 is 1.50 bits per heavy atom. The SMILES string of the molecule is O=C(O)CCc1nnc(CCl)o1. The maximum atomic E-state index is 10.1. The van der Waals surface area contributed by atoms with Gasteiger partial charge in [0.15, 0.2) is 0 Å².